The third kappa shape index (κ3) is 50.3. The van der Waals surface area contributed by atoms with Crippen molar-refractivity contribution in [2.45, 2.75) is 0 Å². The van der Waals surface area contributed by atoms with Crippen LogP contribution < -0.4 is 0 Å². The normalized spacial score (nSPS) is 6.83. The van der Waals surface area contributed by atoms with Crippen LogP contribution in [0.4, 0.5) is 0 Å². The summed E-state index contributed by atoms with van der Waals surface area (Å²) in [6.07, 6.45) is 5.32. The molecule has 0 saturated heterocycles. The first kappa shape index (κ1) is 39.0. The fourth-order valence-electron chi connectivity index (χ4n) is 0.157. The Labute approximate surface area is 216 Å². The smallest absolute Gasteiger partial charge is 0.341 e. The zero-order chi connectivity index (χ0) is 25.0. The first-order chi connectivity index (χ1) is 14.0. The second-order valence-electron chi connectivity index (χ2n) is 3.00. The molecule has 0 fully saturated rings. The molecule has 0 aromatic heterocycles. The summed E-state index contributed by atoms with van der Waals surface area (Å²) in [5.41, 5.74) is 0. The average Bonchev–Trinajstić information content (AvgIpc) is 2.82. The molecule has 0 saturated carbocycles. The van der Waals surface area contributed by atoms with Crippen LogP contribution in [0.25, 0.3) is 0 Å². The highest BCUT2D eigenvalue weighted by atomic mass is 79.9. The fourth-order valence-corrected chi connectivity index (χ4v) is 0.818. The molecule has 0 N–H and O–H groups in total. The zero-order valence-electron chi connectivity index (χ0n) is 14.9. The van der Waals surface area contributed by atoms with Gasteiger partial charge in [0, 0.05) is 30.4 Å². The lowest BCUT2D eigenvalue weighted by atomic mass is 10.7. The Balaban J connectivity index is -0.0000000868. The molecule has 0 atom stereocenters. The molecule has 170 valence electrons. The average molecular weight is 755 g/mol. The largest absolute Gasteiger partial charge is 0.380 e. The van der Waals surface area contributed by atoms with Gasteiger partial charge in [0.05, 0.1) is 0 Å². The number of carbonyl (C=O) groups excluding carboxylic acids is 5. The van der Waals surface area contributed by atoms with Crippen LogP contribution >= 0.6 is 81.3 Å². The van der Waals surface area contributed by atoms with Gasteiger partial charge in [0.1, 0.15) is 0 Å². The van der Waals surface area contributed by atoms with Gasteiger partial charge in [-0.3, -0.25) is 0 Å². The number of carbonyl (C=O) groups is 5. The summed E-state index contributed by atoms with van der Waals surface area (Å²) in [5, 5.41) is 0. The predicted molar refractivity (Wildman–Crippen MR) is 126 cm³/mol. The maximum Gasteiger partial charge on any atom is 0.341 e. The van der Waals surface area contributed by atoms with Gasteiger partial charge < -0.3 is 19.1 Å². The van der Waals surface area contributed by atoms with Gasteiger partial charge >= 0.3 is 29.8 Å². The number of halogens is 5. The molecule has 0 aliphatic carbocycles. The van der Waals surface area contributed by atoms with Crippen LogP contribution in [0.5, 0.6) is 0 Å². The number of hydrogen-bond donors (Lipinski definition) is 0. The van der Waals surface area contributed by atoms with Gasteiger partial charge in [0.15, 0.2) is 81.3 Å². The number of hydrogen-bond acceptors (Lipinski definition) is 10. The van der Waals surface area contributed by atoms with Crippen LogP contribution in [0, 0.1) is 0 Å². The summed E-state index contributed by atoms with van der Waals surface area (Å²) in [6.45, 7) is 15.6. The van der Waals surface area contributed by atoms with E-state index < -0.39 is 29.8 Å². The van der Waals surface area contributed by atoms with Crippen LogP contribution in [-0.2, 0) is 43.1 Å². The van der Waals surface area contributed by atoms with Gasteiger partial charge in [0.2, 0.25) is 0 Å². The molecule has 0 aliphatic heterocycles. The topological polar surface area (TPSA) is 132 Å². The van der Waals surface area contributed by atoms with E-state index in [1.54, 1.807) is 0 Å². The van der Waals surface area contributed by atoms with E-state index in [4.69, 9.17) is 0 Å². The Kier molecular flexibility index (Phi) is 45.4. The van der Waals surface area contributed by atoms with E-state index in [0.717, 1.165) is 30.4 Å². The van der Waals surface area contributed by atoms with Gasteiger partial charge in [0.25, 0.3) is 0 Å². The Morgan fingerprint density at radius 1 is 0.400 bits per heavy atom. The van der Waals surface area contributed by atoms with Crippen molar-refractivity contribution in [2.75, 3.05) is 0 Å². The minimum atomic E-state index is -0.477. The zero-order valence-corrected chi connectivity index (χ0v) is 22.8. The minimum Gasteiger partial charge on any atom is -0.380 e. The molecule has 0 radical (unpaired) electrons. The molecule has 0 bridgehead atoms. The van der Waals surface area contributed by atoms with Crippen LogP contribution in [0.15, 0.2) is 63.3 Å². The van der Waals surface area contributed by atoms with Gasteiger partial charge in [-0.25, -0.2) is 24.0 Å². The van der Waals surface area contributed by atoms with Crippen LogP contribution in [0.3, 0.4) is 0 Å². The molecule has 10 nitrogen and oxygen atoms in total. The second-order valence-corrected chi connectivity index (χ2v) is 4.62. The van der Waals surface area contributed by atoms with Crippen LogP contribution in [0.2, 0.25) is 0 Å². The molecule has 0 rings (SSSR count). The second kappa shape index (κ2) is 34.9. The molecule has 0 aliphatic rings. The predicted octanol–water partition coefficient (Wildman–Crippen LogP) is 5.13. The quantitative estimate of drug-likeness (QED) is 0.349. The lowest BCUT2D eigenvalue weighted by Gasteiger charge is -1.78. The Bertz CT molecular complexity index is 462. The van der Waals surface area contributed by atoms with E-state index in [1.807, 2.05) is 0 Å². The lowest BCUT2D eigenvalue weighted by Crippen LogP contribution is -1.85. The van der Waals surface area contributed by atoms with Gasteiger partial charge in [-0.15, -0.1) is 0 Å². The molecule has 0 heterocycles. The minimum absolute atomic E-state index is 0.477. The highest BCUT2D eigenvalue weighted by Gasteiger charge is 1.86. The molecule has 0 spiro atoms. The standard InChI is InChI=1S/5C3H3BrO2/c5*1-2-3(5)6-4/h5*2H,1H2. The molecule has 30 heavy (non-hydrogen) atoms. The van der Waals surface area contributed by atoms with Crippen molar-refractivity contribution in [1.29, 1.82) is 0 Å². The van der Waals surface area contributed by atoms with Crippen molar-refractivity contribution >= 4 is 111 Å². The highest BCUT2D eigenvalue weighted by molar-refractivity contribution is 9.06. The molecule has 15 heteroatoms. The SMILES string of the molecule is C=CC(=O)OBr.C=CC(=O)OBr.C=CC(=O)OBr.C=CC(=O)OBr.C=CC(=O)OBr. The van der Waals surface area contributed by atoms with Crippen molar-refractivity contribution in [2.24, 2.45) is 0 Å². The molecule has 0 amide bonds. The van der Waals surface area contributed by atoms with Gasteiger partial charge in [-0.2, -0.15) is 0 Å². The van der Waals surface area contributed by atoms with Crippen LogP contribution in [-0.4, -0.2) is 29.8 Å². The van der Waals surface area contributed by atoms with E-state index in [1.165, 1.54) is 0 Å². The highest BCUT2D eigenvalue weighted by Crippen LogP contribution is 1.85. The van der Waals surface area contributed by atoms with E-state index in [-0.39, 0.29) is 0 Å². The summed E-state index contributed by atoms with van der Waals surface area (Å²) in [4.78, 5) is 49.0. The Hall–Kier alpha value is -1.55. The summed E-state index contributed by atoms with van der Waals surface area (Å²) < 4.78 is 19.8. The summed E-state index contributed by atoms with van der Waals surface area (Å²) in [5.74, 6) is -2.38. The number of rotatable bonds is 5. The monoisotopic (exact) mass is 750 g/mol. The first-order valence-corrected chi connectivity index (χ1v) is 9.53. The van der Waals surface area contributed by atoms with Crippen LogP contribution in [0.1, 0.15) is 0 Å². The molecular formula is C15H15Br5O10. The van der Waals surface area contributed by atoms with Crippen molar-refractivity contribution in [3.8, 4) is 0 Å². The Morgan fingerprint density at radius 3 is 0.500 bits per heavy atom. The maximum atomic E-state index is 9.79. The first-order valence-electron chi connectivity index (χ1n) is 6.30. The molecular weight excluding hydrogens is 740 g/mol. The van der Waals surface area contributed by atoms with E-state index in [2.05, 4.69) is 133 Å². The van der Waals surface area contributed by atoms with Crippen molar-refractivity contribution in [1.82, 2.24) is 0 Å². The van der Waals surface area contributed by atoms with Gasteiger partial charge in [-0.05, 0) is 0 Å². The summed E-state index contributed by atoms with van der Waals surface area (Å²) in [7, 11) is 0. The molecule has 0 aromatic carbocycles. The summed E-state index contributed by atoms with van der Waals surface area (Å²) in [6, 6.07) is 0. The molecule has 0 aromatic rings. The Morgan fingerprint density at radius 2 is 0.500 bits per heavy atom. The lowest BCUT2D eigenvalue weighted by molar-refractivity contribution is -0.127. The third-order valence-electron chi connectivity index (χ3n) is 1.21. The molecule has 0 unspecified atom stereocenters. The maximum absolute atomic E-state index is 9.79. The van der Waals surface area contributed by atoms with Crippen molar-refractivity contribution in [3.63, 3.8) is 0 Å². The van der Waals surface area contributed by atoms with E-state index in [0.29, 0.717) is 0 Å². The fraction of sp³-hybridized carbons (Fsp3) is 0. The van der Waals surface area contributed by atoms with Crippen molar-refractivity contribution in [3.05, 3.63) is 63.3 Å². The van der Waals surface area contributed by atoms with E-state index >= 15 is 0 Å². The third-order valence-corrected chi connectivity index (χ3v) is 2.81. The van der Waals surface area contributed by atoms with E-state index in [9.17, 15) is 24.0 Å². The summed E-state index contributed by atoms with van der Waals surface area (Å²) >= 11 is 12.3. The van der Waals surface area contributed by atoms with Gasteiger partial charge in [-0.1, -0.05) is 32.9 Å². The van der Waals surface area contributed by atoms with Crippen molar-refractivity contribution < 1.29 is 43.1 Å².